The second-order valence-electron chi connectivity index (χ2n) is 5.96. The quantitative estimate of drug-likeness (QED) is 0.315. The Labute approximate surface area is 184 Å². The molecule has 0 saturated carbocycles. The lowest BCUT2D eigenvalue weighted by Gasteiger charge is -2.13. The Morgan fingerprint density at radius 3 is 1.89 bits per heavy atom. The van der Waals surface area contributed by atoms with Gasteiger partial charge >= 0.3 is 0 Å². The maximum absolute atomic E-state index is 5.35. The van der Waals surface area contributed by atoms with Crippen LogP contribution < -0.4 is 24.8 Å². The maximum Gasteiger partial charge on any atom is 0.190 e. The van der Waals surface area contributed by atoms with Crippen LogP contribution in [0.15, 0.2) is 47.5 Å². The Balaban J connectivity index is 0.00000392. The van der Waals surface area contributed by atoms with Gasteiger partial charge in [0.15, 0.2) is 17.5 Å². The normalized spacial score (nSPS) is 10.6. The minimum atomic E-state index is 0. The lowest BCUT2D eigenvalue weighted by molar-refractivity contribution is 0.354. The minimum absolute atomic E-state index is 0. The van der Waals surface area contributed by atoms with Gasteiger partial charge in [0.1, 0.15) is 5.75 Å². The molecule has 28 heavy (non-hydrogen) atoms. The molecule has 0 aromatic heterocycles. The lowest BCUT2D eigenvalue weighted by Crippen LogP contribution is -2.39. The molecule has 0 spiro atoms. The molecule has 0 heterocycles. The van der Waals surface area contributed by atoms with Gasteiger partial charge in [-0.3, -0.25) is 4.99 Å². The fraction of sp³-hybridized carbons (Fsp3) is 0.381. The van der Waals surface area contributed by atoms with Crippen LogP contribution in [0.2, 0.25) is 0 Å². The van der Waals surface area contributed by atoms with Crippen molar-refractivity contribution < 1.29 is 14.2 Å². The number of aliphatic imine (C=N–C) groups is 1. The molecule has 6 nitrogen and oxygen atoms in total. The summed E-state index contributed by atoms with van der Waals surface area (Å²) in [4.78, 5) is 4.27. The molecule has 0 atom stereocenters. The van der Waals surface area contributed by atoms with E-state index in [9.17, 15) is 0 Å². The molecular weight excluding hydrogens is 469 g/mol. The minimum Gasteiger partial charge on any atom is -0.497 e. The Hall–Kier alpha value is -2.16. The summed E-state index contributed by atoms with van der Waals surface area (Å²) in [5.74, 6) is 3.16. The lowest BCUT2D eigenvalue weighted by atomic mass is 10.1. The van der Waals surface area contributed by atoms with Crippen LogP contribution in [-0.2, 0) is 12.8 Å². The molecule has 0 amide bonds. The molecule has 0 saturated heterocycles. The molecule has 0 radical (unpaired) electrons. The molecule has 0 bridgehead atoms. The van der Waals surface area contributed by atoms with E-state index in [0.29, 0.717) is 0 Å². The molecule has 0 aliphatic carbocycles. The predicted molar refractivity (Wildman–Crippen MR) is 125 cm³/mol. The number of rotatable bonds is 9. The monoisotopic (exact) mass is 499 g/mol. The Morgan fingerprint density at radius 1 is 0.786 bits per heavy atom. The number of hydrogen-bond acceptors (Lipinski definition) is 4. The highest BCUT2D eigenvalue weighted by molar-refractivity contribution is 14.0. The average Bonchev–Trinajstić information content (AvgIpc) is 2.72. The Morgan fingerprint density at radius 2 is 1.36 bits per heavy atom. The van der Waals surface area contributed by atoms with Crippen LogP contribution >= 0.6 is 24.0 Å². The molecule has 0 unspecified atom stereocenters. The van der Waals surface area contributed by atoms with E-state index in [1.165, 1.54) is 11.1 Å². The SMILES string of the molecule is CN=C(NCCc1ccc(OC)cc1)NCCc1ccc(OC)c(OC)c1.I. The van der Waals surface area contributed by atoms with Gasteiger partial charge < -0.3 is 24.8 Å². The van der Waals surface area contributed by atoms with Crippen molar-refractivity contribution in [2.45, 2.75) is 12.8 Å². The first-order valence-electron chi connectivity index (χ1n) is 8.98. The number of halogens is 1. The molecule has 154 valence electrons. The fourth-order valence-electron chi connectivity index (χ4n) is 2.70. The number of guanidine groups is 1. The van der Waals surface area contributed by atoms with Crippen LogP contribution in [0.1, 0.15) is 11.1 Å². The van der Waals surface area contributed by atoms with Crippen molar-refractivity contribution in [2.75, 3.05) is 41.5 Å². The van der Waals surface area contributed by atoms with E-state index < -0.39 is 0 Å². The summed E-state index contributed by atoms with van der Waals surface area (Å²) in [5.41, 5.74) is 2.43. The first kappa shape index (κ1) is 23.9. The van der Waals surface area contributed by atoms with E-state index in [-0.39, 0.29) is 24.0 Å². The zero-order valence-electron chi connectivity index (χ0n) is 17.0. The largest absolute Gasteiger partial charge is 0.497 e. The molecule has 0 aliphatic heterocycles. The molecule has 2 aromatic carbocycles. The van der Waals surface area contributed by atoms with E-state index >= 15 is 0 Å². The van der Waals surface area contributed by atoms with Gasteiger partial charge in [0, 0.05) is 20.1 Å². The second kappa shape index (κ2) is 13.1. The molecule has 2 aromatic rings. The molecule has 7 heteroatoms. The summed E-state index contributed by atoms with van der Waals surface area (Å²) in [5, 5.41) is 6.67. The van der Waals surface area contributed by atoms with Gasteiger partial charge in [-0.25, -0.2) is 0 Å². The van der Waals surface area contributed by atoms with Crippen LogP contribution in [0.5, 0.6) is 17.2 Å². The number of ether oxygens (including phenoxy) is 3. The first-order chi connectivity index (χ1) is 13.2. The van der Waals surface area contributed by atoms with Crippen LogP contribution in [0.3, 0.4) is 0 Å². The predicted octanol–water partition coefficient (Wildman–Crippen LogP) is 3.28. The summed E-state index contributed by atoms with van der Waals surface area (Å²) in [6.45, 7) is 1.58. The van der Waals surface area contributed by atoms with Crippen molar-refractivity contribution in [1.82, 2.24) is 10.6 Å². The molecular formula is C21H30IN3O3. The van der Waals surface area contributed by atoms with E-state index in [2.05, 4.69) is 27.8 Å². The molecule has 0 fully saturated rings. The Kier molecular flexibility index (Phi) is 11.2. The summed E-state index contributed by atoms with van der Waals surface area (Å²) in [6, 6.07) is 14.1. The third-order valence-electron chi connectivity index (χ3n) is 4.24. The molecule has 0 aliphatic rings. The van der Waals surface area contributed by atoms with Gasteiger partial charge in [-0.15, -0.1) is 24.0 Å². The number of methoxy groups -OCH3 is 3. The van der Waals surface area contributed by atoms with Gasteiger partial charge in [-0.05, 0) is 48.2 Å². The van der Waals surface area contributed by atoms with Crippen LogP contribution in [0, 0.1) is 0 Å². The van der Waals surface area contributed by atoms with Gasteiger partial charge in [-0.1, -0.05) is 18.2 Å². The number of hydrogen-bond donors (Lipinski definition) is 2. The van der Waals surface area contributed by atoms with Gasteiger partial charge in [0.2, 0.25) is 0 Å². The number of nitrogens with one attached hydrogen (secondary N) is 2. The Bertz CT molecular complexity index is 736. The van der Waals surface area contributed by atoms with Crippen molar-refractivity contribution in [3.63, 3.8) is 0 Å². The van der Waals surface area contributed by atoms with E-state index in [4.69, 9.17) is 14.2 Å². The van der Waals surface area contributed by atoms with Crippen LogP contribution in [0.4, 0.5) is 0 Å². The fourth-order valence-corrected chi connectivity index (χ4v) is 2.70. The van der Waals surface area contributed by atoms with Crippen molar-refractivity contribution in [3.05, 3.63) is 53.6 Å². The third-order valence-corrected chi connectivity index (χ3v) is 4.24. The van der Waals surface area contributed by atoms with Crippen molar-refractivity contribution in [1.29, 1.82) is 0 Å². The summed E-state index contributed by atoms with van der Waals surface area (Å²) in [6.07, 6.45) is 1.78. The van der Waals surface area contributed by atoms with Crippen molar-refractivity contribution >= 4 is 29.9 Å². The van der Waals surface area contributed by atoms with E-state index in [1.54, 1.807) is 28.4 Å². The molecule has 2 N–H and O–H groups in total. The van der Waals surface area contributed by atoms with Crippen LogP contribution in [0.25, 0.3) is 0 Å². The third kappa shape index (κ3) is 7.46. The van der Waals surface area contributed by atoms with E-state index in [1.807, 2.05) is 30.3 Å². The highest BCUT2D eigenvalue weighted by Gasteiger charge is 2.05. The van der Waals surface area contributed by atoms with Crippen molar-refractivity contribution in [2.24, 2.45) is 4.99 Å². The zero-order valence-corrected chi connectivity index (χ0v) is 19.3. The molecule has 2 rings (SSSR count). The smallest absolute Gasteiger partial charge is 0.190 e. The summed E-state index contributed by atoms with van der Waals surface area (Å²) >= 11 is 0. The standard InChI is InChI=1S/C21H29N3O3.HI/c1-22-21(23-13-11-16-5-8-18(25-2)9-6-16)24-14-12-17-7-10-19(26-3)20(15-17)27-4;/h5-10,15H,11-14H2,1-4H3,(H2,22,23,24);1H. The summed E-state index contributed by atoms with van der Waals surface area (Å²) < 4.78 is 15.8. The maximum atomic E-state index is 5.35. The van der Waals surface area contributed by atoms with Crippen LogP contribution in [-0.4, -0.2) is 47.4 Å². The van der Waals surface area contributed by atoms with Gasteiger partial charge in [0.25, 0.3) is 0 Å². The van der Waals surface area contributed by atoms with E-state index in [0.717, 1.165) is 49.1 Å². The second-order valence-corrected chi connectivity index (χ2v) is 5.96. The average molecular weight is 499 g/mol. The first-order valence-corrected chi connectivity index (χ1v) is 8.98. The summed E-state index contributed by atoms with van der Waals surface area (Å²) in [7, 11) is 6.74. The number of benzene rings is 2. The zero-order chi connectivity index (χ0) is 19.5. The topological polar surface area (TPSA) is 64.1 Å². The van der Waals surface area contributed by atoms with Gasteiger partial charge in [0.05, 0.1) is 21.3 Å². The number of nitrogens with zero attached hydrogens (tertiary/aromatic N) is 1. The van der Waals surface area contributed by atoms with Crippen molar-refractivity contribution in [3.8, 4) is 17.2 Å². The highest BCUT2D eigenvalue weighted by atomic mass is 127. The highest BCUT2D eigenvalue weighted by Crippen LogP contribution is 2.27. The van der Waals surface area contributed by atoms with Gasteiger partial charge in [-0.2, -0.15) is 0 Å².